The molecule has 2 radical (unpaired) electrons. The normalized spacial score (nSPS) is 8.59. The molecule has 1 aliphatic carbocycles. The molecule has 1 aromatic rings. The van der Waals surface area contributed by atoms with Gasteiger partial charge in [0.05, 0.1) is 0 Å². The third kappa shape index (κ3) is 31.5. The summed E-state index contributed by atoms with van der Waals surface area (Å²) >= 11 is 0. The quantitative estimate of drug-likeness (QED) is 0.527. The van der Waals surface area contributed by atoms with Gasteiger partial charge in [-0.2, -0.15) is 24.4 Å². The molecule has 5 heteroatoms. The first-order valence-corrected chi connectivity index (χ1v) is 6.68. The van der Waals surface area contributed by atoms with Crippen LogP contribution in [-0.4, -0.2) is 14.5 Å². The van der Waals surface area contributed by atoms with Crippen LogP contribution in [0.4, 0.5) is 0 Å². The predicted molar refractivity (Wildman–Crippen MR) is 81.0 cm³/mol. The van der Waals surface area contributed by atoms with Crippen molar-refractivity contribution in [3.63, 3.8) is 0 Å². The smallest absolute Gasteiger partial charge is 0.484 e. The average Bonchev–Trinajstić information content (AvgIpc) is 2.85. The number of nitrogens with one attached hydrogen (secondary N) is 1. The molecule has 1 aliphatic rings. The number of allylic oxidation sites excluding steroid dienone is 4. The standard InChI is InChI=1S/C5H5.C4H4N.C2H7Si.CH3.2ClH.Zr/c2*1-2-4-5-3-1;1-3-2;;;;/h1-3H,4H2;1-3,5H;3H,1-2H3;1H3;2*1H;/q2*-1;;-1;;;+3. The van der Waals surface area contributed by atoms with Gasteiger partial charge in [0.2, 0.25) is 0 Å². The number of hydrogen-bond acceptors (Lipinski definition) is 0. The Morgan fingerprint density at radius 3 is 1.94 bits per heavy atom. The molecule has 0 bridgehead atoms. The predicted octanol–water partition coefficient (Wildman–Crippen LogP) is 3.93. The molecule has 96 valence electrons. The molecule has 0 atom stereocenters. The van der Waals surface area contributed by atoms with Crippen LogP contribution >= 0.6 is 24.8 Å². The maximum absolute atomic E-state index is 2.99. The molecule has 0 spiro atoms. The van der Waals surface area contributed by atoms with Gasteiger partial charge in [-0.15, -0.1) is 37.4 Å². The molecule has 0 aromatic carbocycles. The summed E-state index contributed by atoms with van der Waals surface area (Å²) < 4.78 is 0. The molecule has 0 fully saturated rings. The third-order valence-corrected chi connectivity index (χ3v) is 1.03. The van der Waals surface area contributed by atoms with Crippen LogP contribution in [-0.2, 0) is 26.2 Å². The third-order valence-electron chi connectivity index (χ3n) is 1.03. The largest absolute Gasteiger partial charge is 3.00 e. The fourth-order valence-corrected chi connectivity index (χ4v) is 0.581. The summed E-state index contributed by atoms with van der Waals surface area (Å²) in [7, 11) is 0.750. The van der Waals surface area contributed by atoms with Crippen molar-refractivity contribution in [1.29, 1.82) is 0 Å². The Morgan fingerprint density at radius 2 is 1.82 bits per heavy atom. The molecule has 0 aliphatic heterocycles. The number of aromatic amines is 1. The van der Waals surface area contributed by atoms with E-state index in [2.05, 4.69) is 36.4 Å². The van der Waals surface area contributed by atoms with Gasteiger partial charge in [-0.25, -0.2) is 12.2 Å². The molecule has 0 saturated heterocycles. The van der Waals surface area contributed by atoms with E-state index in [1.807, 2.05) is 30.5 Å². The van der Waals surface area contributed by atoms with Gasteiger partial charge in [-0.1, -0.05) is 13.1 Å². The Labute approximate surface area is 140 Å². The zero-order valence-corrected chi connectivity index (χ0v) is 15.8. The minimum absolute atomic E-state index is 0. The number of aromatic nitrogens is 1. The first kappa shape index (κ1) is 30.5. The molecule has 2 rings (SSSR count). The Bertz CT molecular complexity index is 199. The van der Waals surface area contributed by atoms with Gasteiger partial charge in [-0.05, 0) is 0 Å². The number of halogens is 2. The zero-order chi connectivity index (χ0) is 9.78. The first-order chi connectivity index (χ1) is 6.41. The van der Waals surface area contributed by atoms with E-state index in [-0.39, 0.29) is 58.4 Å². The topological polar surface area (TPSA) is 15.8 Å². The van der Waals surface area contributed by atoms with Crippen LogP contribution in [0.15, 0.2) is 36.6 Å². The molecular formula is C12H21Cl2NSiZr. The van der Waals surface area contributed by atoms with E-state index in [0.717, 1.165) is 15.9 Å². The van der Waals surface area contributed by atoms with Crippen molar-refractivity contribution in [3.05, 3.63) is 56.3 Å². The van der Waals surface area contributed by atoms with Gasteiger partial charge in [0.1, 0.15) is 0 Å². The second-order valence-corrected chi connectivity index (χ2v) is 3.55. The molecule has 1 aromatic heterocycles. The second-order valence-electron chi connectivity index (χ2n) is 2.39. The summed E-state index contributed by atoms with van der Waals surface area (Å²) in [6, 6.07) is 3.71. The van der Waals surface area contributed by atoms with Crippen LogP contribution in [0.25, 0.3) is 0 Å². The minimum atomic E-state index is 0. The maximum atomic E-state index is 2.99. The average molecular weight is 370 g/mol. The first-order valence-electron chi connectivity index (χ1n) is 4.37. The summed E-state index contributed by atoms with van der Waals surface area (Å²) in [5.41, 5.74) is 0. The molecular weight excluding hydrogens is 348 g/mol. The molecule has 1 nitrogen and oxygen atoms in total. The Balaban J connectivity index is -0.0000000390. The Hall–Kier alpha value is 0.440. The van der Waals surface area contributed by atoms with Crippen molar-refractivity contribution in [1.82, 2.24) is 4.98 Å². The summed E-state index contributed by atoms with van der Waals surface area (Å²) in [4.78, 5) is 2.74. The van der Waals surface area contributed by atoms with Crippen LogP contribution < -0.4 is 0 Å². The molecule has 0 amide bonds. The van der Waals surface area contributed by atoms with Crippen molar-refractivity contribution in [2.75, 3.05) is 0 Å². The van der Waals surface area contributed by atoms with Gasteiger partial charge < -0.3 is 12.4 Å². The van der Waals surface area contributed by atoms with Crippen molar-refractivity contribution >= 4 is 34.3 Å². The fraction of sp³-hybridized carbons (Fsp3) is 0.250. The van der Waals surface area contributed by atoms with Crippen LogP contribution in [0.2, 0.25) is 13.1 Å². The van der Waals surface area contributed by atoms with E-state index in [9.17, 15) is 0 Å². The molecule has 17 heavy (non-hydrogen) atoms. The SMILES string of the molecule is C[SiH]C.Cl.Cl.[C-]1=CC=CC1.[CH3-].[Zr+3].[c-]1ccc[nH]1. The molecule has 1 heterocycles. The minimum Gasteiger partial charge on any atom is -0.484 e. The maximum Gasteiger partial charge on any atom is 3.00 e. The second kappa shape index (κ2) is 29.9. The van der Waals surface area contributed by atoms with E-state index in [1.54, 1.807) is 0 Å². The number of hydrogen-bond donors (Lipinski definition) is 1. The van der Waals surface area contributed by atoms with Crippen LogP contribution in [0.3, 0.4) is 0 Å². The van der Waals surface area contributed by atoms with Crippen LogP contribution in [0.5, 0.6) is 0 Å². The fourth-order valence-electron chi connectivity index (χ4n) is 0.581. The van der Waals surface area contributed by atoms with Gasteiger partial charge in [0, 0.05) is 9.52 Å². The Morgan fingerprint density at radius 1 is 1.24 bits per heavy atom. The van der Waals surface area contributed by atoms with Gasteiger partial charge >= 0.3 is 26.2 Å². The number of rotatable bonds is 0. The van der Waals surface area contributed by atoms with E-state index in [1.165, 1.54) is 0 Å². The van der Waals surface area contributed by atoms with Gasteiger partial charge in [-0.3, -0.25) is 6.08 Å². The monoisotopic (exact) mass is 367 g/mol. The van der Waals surface area contributed by atoms with Crippen LogP contribution in [0.1, 0.15) is 6.42 Å². The zero-order valence-electron chi connectivity index (χ0n) is 10.6. The molecule has 1 N–H and O–H groups in total. The van der Waals surface area contributed by atoms with E-state index in [0.29, 0.717) is 0 Å². The van der Waals surface area contributed by atoms with Crippen LogP contribution in [0, 0.1) is 19.7 Å². The summed E-state index contributed by atoms with van der Waals surface area (Å²) in [5.74, 6) is 0. The van der Waals surface area contributed by atoms with E-state index in [4.69, 9.17) is 0 Å². The summed E-state index contributed by atoms with van der Waals surface area (Å²) in [6.07, 6.45) is 14.6. The van der Waals surface area contributed by atoms with Crippen molar-refractivity contribution in [3.8, 4) is 0 Å². The van der Waals surface area contributed by atoms with Crippen molar-refractivity contribution in [2.24, 2.45) is 0 Å². The number of H-pyrrole nitrogens is 1. The Kier molecular flexibility index (Phi) is 53.7. The van der Waals surface area contributed by atoms with E-state index < -0.39 is 0 Å². The molecule has 0 unspecified atom stereocenters. The van der Waals surface area contributed by atoms with Crippen molar-refractivity contribution in [2.45, 2.75) is 19.5 Å². The summed E-state index contributed by atoms with van der Waals surface area (Å²) in [6.45, 7) is 4.42. The van der Waals surface area contributed by atoms with E-state index >= 15 is 0 Å². The summed E-state index contributed by atoms with van der Waals surface area (Å²) in [5, 5.41) is 0. The molecule has 0 saturated carbocycles. The van der Waals surface area contributed by atoms with Gasteiger partial charge in [0.15, 0.2) is 0 Å². The van der Waals surface area contributed by atoms with Gasteiger partial charge in [0.25, 0.3) is 0 Å². The van der Waals surface area contributed by atoms with Crippen molar-refractivity contribution < 1.29 is 26.2 Å².